The number of benzene rings is 3. The largest absolute Gasteiger partial charge is 0.382 e. The molecule has 3 atom stereocenters. The Kier molecular flexibility index (Phi) is 3.76. The van der Waals surface area contributed by atoms with Gasteiger partial charge in [-0.1, -0.05) is 85.8 Å². The monoisotopic (exact) mass is 413 g/mol. The fourth-order valence-corrected chi connectivity index (χ4v) is 6.43. The summed E-state index contributed by atoms with van der Waals surface area (Å²) in [6, 6.07) is 18.6. The summed E-state index contributed by atoms with van der Waals surface area (Å²) in [6.45, 7) is 2.43. The summed E-state index contributed by atoms with van der Waals surface area (Å²) in [6.07, 6.45) is 19.6. The van der Waals surface area contributed by atoms with E-state index in [1.165, 1.54) is 55.9 Å². The number of rotatable bonds is 2. The van der Waals surface area contributed by atoms with Gasteiger partial charge in [0.2, 0.25) is 0 Å². The van der Waals surface area contributed by atoms with Crippen LogP contribution < -0.4 is 5.32 Å². The van der Waals surface area contributed by atoms with Crippen LogP contribution in [0.25, 0.3) is 27.1 Å². The Morgan fingerprint density at radius 1 is 0.969 bits per heavy atom. The number of hydrogen-bond acceptors (Lipinski definition) is 1. The second kappa shape index (κ2) is 6.59. The van der Waals surface area contributed by atoms with Crippen molar-refractivity contribution in [2.75, 3.05) is 0 Å². The normalized spacial score (nSPS) is 27.6. The Labute approximate surface area is 189 Å². The Morgan fingerprint density at radius 3 is 2.84 bits per heavy atom. The highest BCUT2D eigenvalue weighted by molar-refractivity contribution is 6.16. The first kappa shape index (κ1) is 18.3. The summed E-state index contributed by atoms with van der Waals surface area (Å²) < 4.78 is 0. The van der Waals surface area contributed by atoms with Crippen LogP contribution in [0.5, 0.6) is 0 Å². The Balaban J connectivity index is 1.31. The molecule has 0 saturated carbocycles. The lowest BCUT2D eigenvalue weighted by molar-refractivity contribution is 0.465. The van der Waals surface area contributed by atoms with Crippen LogP contribution in [-0.4, -0.2) is 6.04 Å². The van der Waals surface area contributed by atoms with Gasteiger partial charge in [-0.15, -0.1) is 0 Å². The molecular weight excluding hydrogens is 386 g/mol. The molecule has 4 aliphatic rings. The molecule has 0 fully saturated rings. The summed E-state index contributed by atoms with van der Waals surface area (Å²) in [5.41, 5.74) is 7.25. The third kappa shape index (κ3) is 2.51. The molecule has 0 aromatic heterocycles. The van der Waals surface area contributed by atoms with Crippen molar-refractivity contribution in [3.63, 3.8) is 0 Å². The highest BCUT2D eigenvalue weighted by atomic mass is 14.9. The Bertz CT molecular complexity index is 1440. The SMILES string of the molecule is CC12CC=C(NC3CC=C4C=CC=CC4C3)C=C1c1c3ccccc3cc3cccc2c13. The molecule has 156 valence electrons. The van der Waals surface area contributed by atoms with E-state index in [1.54, 1.807) is 0 Å². The maximum Gasteiger partial charge on any atom is 0.0305 e. The van der Waals surface area contributed by atoms with Crippen molar-refractivity contribution in [1.82, 2.24) is 5.32 Å². The molecule has 32 heavy (non-hydrogen) atoms. The van der Waals surface area contributed by atoms with Crippen molar-refractivity contribution in [2.24, 2.45) is 5.92 Å². The zero-order valence-corrected chi connectivity index (χ0v) is 18.4. The zero-order valence-electron chi connectivity index (χ0n) is 18.4. The minimum Gasteiger partial charge on any atom is -0.382 e. The van der Waals surface area contributed by atoms with Gasteiger partial charge in [0.05, 0.1) is 0 Å². The maximum absolute atomic E-state index is 3.91. The van der Waals surface area contributed by atoms with Gasteiger partial charge >= 0.3 is 0 Å². The average Bonchev–Trinajstić information content (AvgIpc) is 3.09. The van der Waals surface area contributed by atoms with Gasteiger partial charge in [-0.3, -0.25) is 0 Å². The van der Waals surface area contributed by atoms with E-state index in [0.29, 0.717) is 12.0 Å². The van der Waals surface area contributed by atoms with Gasteiger partial charge in [0.25, 0.3) is 0 Å². The van der Waals surface area contributed by atoms with Crippen LogP contribution in [0.1, 0.15) is 37.3 Å². The maximum atomic E-state index is 3.91. The lowest BCUT2D eigenvalue weighted by Crippen LogP contribution is -2.34. The Hall–Kier alpha value is -3.32. The molecule has 0 saturated heterocycles. The van der Waals surface area contributed by atoms with Gasteiger partial charge in [-0.2, -0.15) is 0 Å². The topological polar surface area (TPSA) is 12.0 Å². The first-order chi connectivity index (χ1) is 15.7. The molecule has 0 amide bonds. The highest BCUT2D eigenvalue weighted by Gasteiger charge is 2.42. The zero-order chi connectivity index (χ0) is 21.3. The van der Waals surface area contributed by atoms with Crippen molar-refractivity contribution in [3.05, 3.63) is 113 Å². The van der Waals surface area contributed by atoms with Crippen LogP contribution in [0.15, 0.2) is 102 Å². The lowest BCUT2D eigenvalue weighted by Gasteiger charge is -2.34. The highest BCUT2D eigenvalue weighted by Crippen LogP contribution is 2.56. The predicted octanol–water partition coefficient (Wildman–Crippen LogP) is 7.36. The van der Waals surface area contributed by atoms with E-state index in [0.717, 1.165) is 12.8 Å². The van der Waals surface area contributed by atoms with E-state index in [4.69, 9.17) is 0 Å². The number of fused-ring (bicyclic) bond motifs is 6. The third-order valence-electron chi connectivity index (χ3n) is 8.09. The van der Waals surface area contributed by atoms with Crippen LogP contribution >= 0.6 is 0 Å². The molecule has 1 heteroatoms. The molecule has 3 aromatic rings. The molecule has 0 aliphatic heterocycles. The van der Waals surface area contributed by atoms with E-state index in [-0.39, 0.29) is 5.41 Å². The molecular formula is C31H27N. The second-order valence-corrected chi connectivity index (χ2v) is 10.00. The third-order valence-corrected chi connectivity index (χ3v) is 8.09. The van der Waals surface area contributed by atoms with Gasteiger partial charge in [-0.05, 0) is 75.2 Å². The van der Waals surface area contributed by atoms with Crippen LogP contribution in [0.2, 0.25) is 0 Å². The van der Waals surface area contributed by atoms with Crippen LogP contribution in [0.4, 0.5) is 0 Å². The summed E-state index contributed by atoms with van der Waals surface area (Å²) in [7, 11) is 0. The van der Waals surface area contributed by atoms with Crippen molar-refractivity contribution >= 4 is 27.1 Å². The molecule has 3 aromatic carbocycles. The second-order valence-electron chi connectivity index (χ2n) is 10.00. The molecule has 1 nitrogen and oxygen atoms in total. The minimum atomic E-state index is 0.0493. The van der Waals surface area contributed by atoms with Crippen molar-refractivity contribution in [2.45, 2.75) is 37.6 Å². The van der Waals surface area contributed by atoms with Crippen LogP contribution in [0, 0.1) is 5.92 Å². The van der Waals surface area contributed by atoms with Crippen molar-refractivity contribution < 1.29 is 0 Å². The molecule has 4 aliphatic carbocycles. The summed E-state index contributed by atoms with van der Waals surface area (Å²) >= 11 is 0. The smallest absolute Gasteiger partial charge is 0.0305 e. The first-order valence-corrected chi connectivity index (χ1v) is 11.9. The van der Waals surface area contributed by atoms with E-state index < -0.39 is 0 Å². The number of nitrogens with one attached hydrogen (secondary N) is 1. The van der Waals surface area contributed by atoms with E-state index in [9.17, 15) is 0 Å². The summed E-state index contributed by atoms with van der Waals surface area (Å²) in [5, 5.41) is 9.45. The summed E-state index contributed by atoms with van der Waals surface area (Å²) in [5.74, 6) is 0.557. The molecule has 0 spiro atoms. The van der Waals surface area contributed by atoms with E-state index in [2.05, 4.69) is 103 Å². The van der Waals surface area contributed by atoms with Gasteiger partial charge in [-0.25, -0.2) is 0 Å². The molecule has 0 radical (unpaired) electrons. The predicted molar refractivity (Wildman–Crippen MR) is 135 cm³/mol. The summed E-state index contributed by atoms with van der Waals surface area (Å²) in [4.78, 5) is 0. The Morgan fingerprint density at radius 2 is 1.88 bits per heavy atom. The fourth-order valence-electron chi connectivity index (χ4n) is 6.43. The fraction of sp³-hybridized carbons (Fsp3) is 0.226. The minimum absolute atomic E-state index is 0.0493. The average molecular weight is 414 g/mol. The quantitative estimate of drug-likeness (QED) is 0.433. The van der Waals surface area contributed by atoms with Crippen LogP contribution in [0.3, 0.4) is 0 Å². The molecule has 0 heterocycles. The molecule has 3 unspecified atom stereocenters. The lowest BCUT2D eigenvalue weighted by atomic mass is 9.73. The van der Waals surface area contributed by atoms with E-state index >= 15 is 0 Å². The van der Waals surface area contributed by atoms with Crippen molar-refractivity contribution in [3.8, 4) is 0 Å². The van der Waals surface area contributed by atoms with Crippen molar-refractivity contribution in [1.29, 1.82) is 0 Å². The van der Waals surface area contributed by atoms with E-state index in [1.807, 2.05) is 0 Å². The standard InChI is InChI=1S/C31H27N/c1-31-16-15-25(32-24-14-13-20-7-2-3-8-21(20)18-24)19-28(31)30-26-11-5-4-9-22(26)17-23-10-6-12-27(31)29(23)30/h2-13,15,17,19,21,24,32H,14,16,18H2,1H3. The van der Waals surface area contributed by atoms with Gasteiger partial charge in [0.15, 0.2) is 0 Å². The van der Waals surface area contributed by atoms with Gasteiger partial charge in [0, 0.05) is 23.1 Å². The molecule has 7 rings (SSSR count). The van der Waals surface area contributed by atoms with Crippen LogP contribution in [-0.2, 0) is 5.41 Å². The van der Waals surface area contributed by atoms with Gasteiger partial charge in [0.1, 0.15) is 0 Å². The molecule has 1 N–H and O–H groups in total. The first-order valence-electron chi connectivity index (χ1n) is 11.9. The van der Waals surface area contributed by atoms with Gasteiger partial charge < -0.3 is 5.32 Å². The molecule has 0 bridgehead atoms. The number of hydrogen-bond donors (Lipinski definition) is 1. The number of allylic oxidation sites excluding steroid dienone is 8.